The summed E-state index contributed by atoms with van der Waals surface area (Å²) < 4.78 is 13.1. The van der Waals surface area contributed by atoms with Crippen molar-refractivity contribution < 1.29 is 14.0 Å². The number of benzene rings is 1. The molecule has 24 heavy (non-hydrogen) atoms. The van der Waals surface area contributed by atoms with Gasteiger partial charge in [0.15, 0.2) is 0 Å². The lowest BCUT2D eigenvalue weighted by molar-refractivity contribution is -0.122. The second-order valence-corrected chi connectivity index (χ2v) is 7.49. The molecule has 124 valence electrons. The number of carbonyl (C=O) groups is 2. The van der Waals surface area contributed by atoms with E-state index in [1.165, 1.54) is 35.6 Å². The number of fused-ring (bicyclic) bond motifs is 5. The van der Waals surface area contributed by atoms with Gasteiger partial charge in [0.05, 0.1) is 18.2 Å². The van der Waals surface area contributed by atoms with Crippen LogP contribution in [0.5, 0.6) is 0 Å². The highest BCUT2D eigenvalue weighted by Crippen LogP contribution is 2.52. The van der Waals surface area contributed by atoms with Crippen LogP contribution in [0.4, 0.5) is 10.1 Å². The minimum atomic E-state index is -0.371. The summed E-state index contributed by atoms with van der Waals surface area (Å²) in [7, 11) is 0. The van der Waals surface area contributed by atoms with Crippen LogP contribution in [0.25, 0.3) is 0 Å². The summed E-state index contributed by atoms with van der Waals surface area (Å²) in [5.74, 6) is 1.88. The fourth-order valence-electron chi connectivity index (χ4n) is 5.20. The zero-order valence-electron chi connectivity index (χ0n) is 13.3. The topological polar surface area (TPSA) is 40.6 Å². The maximum absolute atomic E-state index is 13.1. The van der Waals surface area contributed by atoms with Gasteiger partial charge in [-0.2, -0.15) is 0 Å². The normalized spacial score (nSPS) is 37.7. The van der Waals surface area contributed by atoms with Crippen LogP contribution in [0.15, 0.2) is 36.4 Å². The van der Waals surface area contributed by atoms with Gasteiger partial charge >= 0.3 is 0 Å². The Hall–Kier alpha value is -2.01. The number of rotatable bonds is 2. The molecule has 0 N–H and O–H groups in total. The van der Waals surface area contributed by atoms with Crippen molar-refractivity contribution in [3.05, 3.63) is 42.2 Å². The first-order valence-corrected chi connectivity index (χ1v) is 8.66. The largest absolute Gasteiger partial charge is 0.291 e. The minimum absolute atomic E-state index is 0.160. The first kappa shape index (κ1) is 14.3. The molecule has 2 bridgehead atoms. The smallest absolute Gasteiger partial charge is 0.251 e. The van der Waals surface area contributed by atoms with Crippen LogP contribution in [0, 0.1) is 29.5 Å². The van der Waals surface area contributed by atoms with Gasteiger partial charge in [0.2, 0.25) is 5.91 Å². The van der Waals surface area contributed by atoms with Crippen LogP contribution in [0.3, 0.4) is 0 Å². The van der Waals surface area contributed by atoms with Crippen LogP contribution in [-0.2, 0) is 9.59 Å². The summed E-state index contributed by atoms with van der Waals surface area (Å²) >= 11 is 0. The number of hydrogen-bond acceptors (Lipinski definition) is 3. The molecule has 2 heterocycles. The molecule has 3 fully saturated rings. The summed E-state index contributed by atoms with van der Waals surface area (Å²) in [4.78, 5) is 28.7. The number of anilines is 1. The van der Waals surface area contributed by atoms with Crippen molar-refractivity contribution in [2.45, 2.75) is 18.9 Å². The number of carbonyl (C=O) groups excluding carboxylic acids is 2. The van der Waals surface area contributed by atoms with E-state index in [1.807, 2.05) is 0 Å². The fraction of sp³-hybridized carbons (Fsp3) is 0.474. The van der Waals surface area contributed by atoms with Gasteiger partial charge in [0, 0.05) is 13.1 Å². The van der Waals surface area contributed by atoms with Gasteiger partial charge < -0.3 is 0 Å². The molecule has 1 aromatic rings. The molecule has 5 atom stereocenters. The molecule has 5 heteroatoms. The number of imide groups is 1. The number of allylic oxidation sites excluding steroid dienone is 2. The van der Waals surface area contributed by atoms with Crippen molar-refractivity contribution in [2.24, 2.45) is 23.7 Å². The molecule has 2 amide bonds. The van der Waals surface area contributed by atoms with Gasteiger partial charge in [-0.3, -0.25) is 14.5 Å². The number of hydrogen-bond donors (Lipinski definition) is 0. The predicted octanol–water partition coefficient (Wildman–Crippen LogP) is 2.21. The number of amides is 2. The van der Waals surface area contributed by atoms with Crippen LogP contribution < -0.4 is 4.90 Å². The van der Waals surface area contributed by atoms with Crippen molar-refractivity contribution in [3.8, 4) is 0 Å². The number of nitrogens with zero attached hydrogens (tertiary/aromatic N) is 2. The van der Waals surface area contributed by atoms with Gasteiger partial charge in [-0.15, -0.1) is 0 Å². The second kappa shape index (κ2) is 4.99. The van der Waals surface area contributed by atoms with Crippen LogP contribution in [0.2, 0.25) is 0 Å². The molecule has 1 unspecified atom stereocenters. The Labute approximate surface area is 139 Å². The van der Waals surface area contributed by atoms with E-state index in [0.717, 1.165) is 13.1 Å². The standard InChI is InChI=1S/C19H19FN2O2/c20-13-3-5-14(6-4-13)22-18(23)8-17(19(22)24)21-9-15-11-1-2-12(7-11)16(15)10-21/h1-6,11-12,15-17H,7-10H2/t11-,12+,15-,16+,17?. The van der Waals surface area contributed by atoms with Crippen molar-refractivity contribution in [1.29, 1.82) is 0 Å². The Morgan fingerprint density at radius 2 is 1.58 bits per heavy atom. The van der Waals surface area contributed by atoms with Crippen molar-refractivity contribution >= 4 is 17.5 Å². The maximum Gasteiger partial charge on any atom is 0.251 e. The van der Waals surface area contributed by atoms with Gasteiger partial charge in [-0.25, -0.2) is 9.29 Å². The Bertz CT molecular complexity index is 724. The third-order valence-electron chi connectivity index (χ3n) is 6.34. The van der Waals surface area contributed by atoms with E-state index in [0.29, 0.717) is 29.4 Å². The monoisotopic (exact) mass is 326 g/mol. The third kappa shape index (κ3) is 1.94. The molecule has 2 aliphatic carbocycles. The lowest BCUT2D eigenvalue weighted by atomic mass is 9.86. The average Bonchev–Trinajstić information content (AvgIpc) is 3.30. The second-order valence-electron chi connectivity index (χ2n) is 7.49. The molecule has 0 aromatic heterocycles. The fourth-order valence-corrected chi connectivity index (χ4v) is 5.20. The Morgan fingerprint density at radius 3 is 2.21 bits per heavy atom. The van der Waals surface area contributed by atoms with E-state index >= 15 is 0 Å². The van der Waals surface area contributed by atoms with Crippen molar-refractivity contribution in [3.63, 3.8) is 0 Å². The van der Waals surface area contributed by atoms with E-state index in [-0.39, 0.29) is 30.1 Å². The molecule has 4 aliphatic rings. The molecule has 0 spiro atoms. The maximum atomic E-state index is 13.1. The molecule has 4 nitrogen and oxygen atoms in total. The summed E-state index contributed by atoms with van der Waals surface area (Å²) in [6, 6.07) is 5.21. The summed E-state index contributed by atoms with van der Waals surface area (Å²) in [6.45, 7) is 1.83. The van der Waals surface area contributed by atoms with E-state index in [4.69, 9.17) is 0 Å². The van der Waals surface area contributed by atoms with E-state index < -0.39 is 0 Å². The molecular formula is C19H19FN2O2. The average molecular weight is 326 g/mol. The molecule has 1 aromatic carbocycles. The van der Waals surface area contributed by atoms with Gasteiger partial charge in [0.1, 0.15) is 5.82 Å². The molecule has 0 radical (unpaired) electrons. The summed E-state index contributed by atoms with van der Waals surface area (Å²) in [5, 5.41) is 0. The Kier molecular flexibility index (Phi) is 2.98. The number of likely N-dealkylation sites (tertiary alicyclic amines) is 1. The lowest BCUT2D eigenvalue weighted by Crippen LogP contribution is -2.41. The predicted molar refractivity (Wildman–Crippen MR) is 86.6 cm³/mol. The van der Waals surface area contributed by atoms with E-state index in [9.17, 15) is 14.0 Å². The molecule has 2 saturated heterocycles. The lowest BCUT2D eigenvalue weighted by Gasteiger charge is -2.24. The molecule has 1 saturated carbocycles. The zero-order chi connectivity index (χ0) is 16.4. The zero-order valence-corrected chi connectivity index (χ0v) is 13.3. The van der Waals surface area contributed by atoms with Gasteiger partial charge in [0.25, 0.3) is 5.91 Å². The van der Waals surface area contributed by atoms with E-state index in [2.05, 4.69) is 17.1 Å². The number of halogens is 1. The molecule has 2 aliphatic heterocycles. The van der Waals surface area contributed by atoms with E-state index in [1.54, 1.807) is 0 Å². The summed E-state index contributed by atoms with van der Waals surface area (Å²) in [5.41, 5.74) is 0.468. The summed E-state index contributed by atoms with van der Waals surface area (Å²) in [6.07, 6.45) is 6.17. The van der Waals surface area contributed by atoms with Crippen molar-refractivity contribution in [1.82, 2.24) is 4.90 Å². The van der Waals surface area contributed by atoms with Crippen LogP contribution >= 0.6 is 0 Å². The highest BCUT2D eigenvalue weighted by Gasteiger charge is 2.53. The van der Waals surface area contributed by atoms with Crippen LogP contribution in [0.1, 0.15) is 12.8 Å². The van der Waals surface area contributed by atoms with Gasteiger partial charge in [-0.1, -0.05) is 12.2 Å². The highest BCUT2D eigenvalue weighted by atomic mass is 19.1. The first-order chi connectivity index (χ1) is 11.6. The third-order valence-corrected chi connectivity index (χ3v) is 6.34. The Morgan fingerprint density at radius 1 is 0.958 bits per heavy atom. The highest BCUT2D eigenvalue weighted by molar-refractivity contribution is 6.22. The van der Waals surface area contributed by atoms with Gasteiger partial charge in [-0.05, 0) is 54.4 Å². The SMILES string of the molecule is O=C1CC(N2C[C@@H]3[C@H](C2)[C@@H]2C=C[C@H]3C2)C(=O)N1c1ccc(F)cc1. The van der Waals surface area contributed by atoms with Crippen LogP contribution in [-0.4, -0.2) is 35.8 Å². The minimum Gasteiger partial charge on any atom is -0.291 e. The Balaban J connectivity index is 1.36. The molecule has 5 rings (SSSR count). The molecular weight excluding hydrogens is 307 g/mol. The quantitative estimate of drug-likeness (QED) is 0.618. The van der Waals surface area contributed by atoms with Crippen molar-refractivity contribution in [2.75, 3.05) is 18.0 Å². The first-order valence-electron chi connectivity index (χ1n) is 8.66.